The molecule has 0 saturated carbocycles. The van der Waals surface area contributed by atoms with Gasteiger partial charge in [-0.25, -0.2) is 0 Å². The van der Waals surface area contributed by atoms with Crippen LogP contribution in [0.15, 0.2) is 0 Å². The van der Waals surface area contributed by atoms with E-state index in [1.807, 2.05) is 27.7 Å². The Bertz CT molecular complexity index is 63.6. The van der Waals surface area contributed by atoms with Crippen molar-refractivity contribution in [3.8, 4) is 0 Å². The van der Waals surface area contributed by atoms with Crippen LogP contribution in [-0.4, -0.2) is 25.0 Å². The zero-order valence-electron chi connectivity index (χ0n) is 11.9. The summed E-state index contributed by atoms with van der Waals surface area (Å²) >= 11 is 0. The first-order valence-corrected chi connectivity index (χ1v) is 6.38. The summed E-state index contributed by atoms with van der Waals surface area (Å²) in [6.45, 7) is 12.5. The van der Waals surface area contributed by atoms with Crippen molar-refractivity contribution >= 4 is 0 Å². The van der Waals surface area contributed by atoms with Crippen molar-refractivity contribution in [2.45, 2.75) is 73.3 Å². The highest BCUT2D eigenvalue weighted by atomic mass is 15.1. The fourth-order valence-corrected chi connectivity index (χ4v) is 1.33. The van der Waals surface area contributed by atoms with Crippen molar-refractivity contribution in [1.29, 1.82) is 0 Å². The van der Waals surface area contributed by atoms with Crippen LogP contribution in [0.2, 0.25) is 0 Å². The molecule has 0 radical (unpaired) electrons. The summed E-state index contributed by atoms with van der Waals surface area (Å²) in [6, 6.07) is 0.815. The maximum Gasteiger partial charge on any atom is 0.00889 e. The van der Waals surface area contributed by atoms with Gasteiger partial charge in [0.15, 0.2) is 0 Å². The molecule has 0 aromatic heterocycles. The first kappa shape index (κ1) is 19.5. The normalized spacial score (nSPS) is 9.00. The van der Waals surface area contributed by atoms with Gasteiger partial charge in [-0.15, -0.1) is 0 Å². The van der Waals surface area contributed by atoms with Crippen LogP contribution >= 0.6 is 0 Å². The van der Waals surface area contributed by atoms with Gasteiger partial charge in [0.2, 0.25) is 0 Å². The molecule has 0 unspecified atom stereocenters. The van der Waals surface area contributed by atoms with Gasteiger partial charge in [0.25, 0.3) is 0 Å². The first-order chi connectivity index (χ1) is 6.72. The molecule has 0 bridgehead atoms. The molecule has 0 aliphatic rings. The lowest BCUT2D eigenvalue weighted by Gasteiger charge is -2.22. The van der Waals surface area contributed by atoms with E-state index in [0.717, 1.165) is 6.04 Å². The molecule has 0 aliphatic heterocycles. The predicted octanol–water partition coefficient (Wildman–Crippen LogP) is 4.57. The van der Waals surface area contributed by atoms with E-state index >= 15 is 0 Å². The number of rotatable bonds is 5. The van der Waals surface area contributed by atoms with Gasteiger partial charge in [-0.1, -0.05) is 54.4 Å². The van der Waals surface area contributed by atoms with E-state index in [1.54, 1.807) is 0 Å². The molecular weight excluding hydrogens is 170 g/mol. The lowest BCUT2D eigenvalue weighted by molar-refractivity contribution is 0.261. The molecule has 14 heavy (non-hydrogen) atoms. The molecule has 1 nitrogen and oxygen atoms in total. The number of hydrogen-bond donors (Lipinski definition) is 0. The molecule has 0 rings (SSSR count). The summed E-state index contributed by atoms with van der Waals surface area (Å²) in [5.74, 6) is 0. The Morgan fingerprint density at radius 3 is 1.21 bits per heavy atom. The molecule has 0 amide bonds. The minimum absolute atomic E-state index is 0.815. The second kappa shape index (κ2) is 18.7. The van der Waals surface area contributed by atoms with E-state index in [4.69, 9.17) is 0 Å². The minimum atomic E-state index is 0.815. The Hall–Kier alpha value is -0.0400. The van der Waals surface area contributed by atoms with E-state index in [2.05, 4.69) is 32.8 Å². The predicted molar refractivity (Wildman–Crippen MR) is 70.0 cm³/mol. The Labute approximate surface area is 92.9 Å². The van der Waals surface area contributed by atoms with Crippen molar-refractivity contribution in [2.24, 2.45) is 0 Å². The van der Waals surface area contributed by atoms with Crippen LogP contribution in [0.1, 0.15) is 67.2 Å². The summed E-state index contributed by atoms with van der Waals surface area (Å²) in [7, 11) is 4.35. The Morgan fingerprint density at radius 1 is 0.786 bits per heavy atom. The Balaban J connectivity index is -0.000000266. The maximum atomic E-state index is 2.34. The quantitative estimate of drug-likeness (QED) is 0.632. The highest BCUT2D eigenvalue weighted by molar-refractivity contribution is 4.63. The van der Waals surface area contributed by atoms with Gasteiger partial charge in [-0.2, -0.15) is 0 Å². The van der Waals surface area contributed by atoms with Gasteiger partial charge in [0.1, 0.15) is 0 Å². The molecule has 0 aromatic carbocycles. The third-order valence-electron chi connectivity index (χ3n) is 1.97. The van der Waals surface area contributed by atoms with Gasteiger partial charge >= 0.3 is 0 Å². The van der Waals surface area contributed by atoms with Crippen LogP contribution < -0.4 is 0 Å². The topological polar surface area (TPSA) is 3.24 Å². The average molecular weight is 203 g/mol. The monoisotopic (exact) mass is 203 g/mol. The largest absolute Gasteiger partial charge is 0.306 e. The molecule has 0 aliphatic carbocycles. The van der Waals surface area contributed by atoms with Crippen LogP contribution in [-0.2, 0) is 0 Å². The van der Waals surface area contributed by atoms with E-state index in [0.29, 0.717) is 0 Å². The summed E-state index contributed by atoms with van der Waals surface area (Å²) < 4.78 is 0. The summed E-state index contributed by atoms with van der Waals surface area (Å²) in [4.78, 5) is 2.34. The molecule has 0 N–H and O–H groups in total. The van der Waals surface area contributed by atoms with E-state index in [-0.39, 0.29) is 0 Å². The van der Waals surface area contributed by atoms with Gasteiger partial charge in [-0.05, 0) is 26.9 Å². The molecule has 0 spiro atoms. The van der Waals surface area contributed by atoms with Crippen molar-refractivity contribution < 1.29 is 0 Å². The highest BCUT2D eigenvalue weighted by Gasteiger charge is 2.07. The van der Waals surface area contributed by atoms with Crippen LogP contribution in [0.4, 0.5) is 0 Å². The van der Waals surface area contributed by atoms with E-state index in [9.17, 15) is 0 Å². The third kappa shape index (κ3) is 14.5. The fourth-order valence-electron chi connectivity index (χ4n) is 1.33. The zero-order chi connectivity index (χ0) is 12.0. The summed E-state index contributed by atoms with van der Waals surface area (Å²) in [5, 5.41) is 0. The van der Waals surface area contributed by atoms with Gasteiger partial charge in [0.05, 0.1) is 0 Å². The number of nitrogens with zero attached hydrogens (tertiary/aromatic N) is 1. The van der Waals surface area contributed by atoms with Gasteiger partial charge in [-0.3, -0.25) is 0 Å². The molecule has 0 saturated heterocycles. The molecule has 1 heteroatoms. The average Bonchev–Trinajstić information content (AvgIpc) is 2.23. The van der Waals surface area contributed by atoms with Crippen molar-refractivity contribution in [3.63, 3.8) is 0 Å². The third-order valence-corrected chi connectivity index (χ3v) is 1.97. The first-order valence-electron chi connectivity index (χ1n) is 6.38. The number of hydrogen-bond acceptors (Lipinski definition) is 1. The van der Waals surface area contributed by atoms with Crippen molar-refractivity contribution in [3.05, 3.63) is 0 Å². The van der Waals surface area contributed by atoms with Gasteiger partial charge < -0.3 is 4.90 Å². The van der Waals surface area contributed by atoms with Crippen LogP contribution in [0.5, 0.6) is 0 Å². The van der Waals surface area contributed by atoms with Crippen LogP contribution in [0, 0.1) is 0 Å². The zero-order valence-corrected chi connectivity index (χ0v) is 11.9. The molecule has 90 valence electrons. The van der Waals surface area contributed by atoms with E-state index in [1.165, 1.54) is 25.7 Å². The second-order valence-electron chi connectivity index (χ2n) is 3.19. The molecule has 0 heterocycles. The Morgan fingerprint density at radius 2 is 1.07 bits per heavy atom. The SMILES string of the molecule is CC.CC.CCCC(CCC)N(C)C. The minimum Gasteiger partial charge on any atom is -0.306 e. The van der Waals surface area contributed by atoms with Gasteiger partial charge in [0, 0.05) is 6.04 Å². The van der Waals surface area contributed by atoms with E-state index < -0.39 is 0 Å². The standard InChI is InChI=1S/C9H21N.2C2H6/c1-5-7-9(8-6-2)10(3)4;2*1-2/h9H,5-8H2,1-4H3;2*1-2H3. The molecular formula is C13H33N. The Kier molecular flexibility index (Phi) is 26.1. The van der Waals surface area contributed by atoms with Crippen molar-refractivity contribution in [1.82, 2.24) is 4.90 Å². The smallest absolute Gasteiger partial charge is 0.00889 e. The molecule has 0 aromatic rings. The summed E-state index contributed by atoms with van der Waals surface area (Å²) in [5.41, 5.74) is 0. The molecule has 0 fully saturated rings. The fraction of sp³-hybridized carbons (Fsp3) is 1.00. The highest BCUT2D eigenvalue weighted by Crippen LogP contribution is 2.08. The van der Waals surface area contributed by atoms with Crippen LogP contribution in [0.25, 0.3) is 0 Å². The summed E-state index contributed by atoms with van der Waals surface area (Å²) in [6.07, 6.45) is 5.31. The maximum absolute atomic E-state index is 2.34. The van der Waals surface area contributed by atoms with Crippen LogP contribution in [0.3, 0.4) is 0 Å². The molecule has 0 atom stereocenters. The lowest BCUT2D eigenvalue weighted by Crippen LogP contribution is -2.27. The lowest BCUT2D eigenvalue weighted by atomic mass is 10.1. The van der Waals surface area contributed by atoms with Crippen molar-refractivity contribution in [2.75, 3.05) is 14.1 Å². The second-order valence-corrected chi connectivity index (χ2v) is 3.19.